The maximum absolute atomic E-state index is 12.8. The molecule has 1 aliphatic rings. The van der Waals surface area contributed by atoms with E-state index < -0.39 is 11.6 Å². The average molecular weight is 344 g/mol. The van der Waals surface area contributed by atoms with Crippen molar-refractivity contribution >= 4 is 29.0 Å². The van der Waals surface area contributed by atoms with Gasteiger partial charge < -0.3 is 15.4 Å². The van der Waals surface area contributed by atoms with Crippen molar-refractivity contribution in [1.82, 2.24) is 5.32 Å². The van der Waals surface area contributed by atoms with Crippen LogP contribution in [0.4, 0.5) is 10.5 Å². The first-order valence-electron chi connectivity index (χ1n) is 8.07. The Balaban J connectivity index is 1.70. The van der Waals surface area contributed by atoms with Crippen LogP contribution >= 0.6 is 11.3 Å². The Morgan fingerprint density at radius 3 is 2.46 bits per heavy atom. The van der Waals surface area contributed by atoms with Crippen molar-refractivity contribution in [3.63, 3.8) is 0 Å². The fraction of sp³-hybridized carbons (Fsp3) is 0.333. The lowest BCUT2D eigenvalue weighted by Gasteiger charge is -2.36. The van der Waals surface area contributed by atoms with Crippen LogP contribution in [0.5, 0.6) is 5.75 Å². The lowest BCUT2D eigenvalue weighted by Crippen LogP contribution is -2.58. The SMILES string of the molecule is O=C(NC1(C(=O)Nc2ccsc2)CCCCC1)Oc1ccccc1. The van der Waals surface area contributed by atoms with Crippen LogP contribution in [-0.2, 0) is 4.79 Å². The lowest BCUT2D eigenvalue weighted by atomic mass is 9.81. The van der Waals surface area contributed by atoms with Gasteiger partial charge in [-0.25, -0.2) is 4.79 Å². The molecule has 5 nitrogen and oxygen atoms in total. The van der Waals surface area contributed by atoms with Gasteiger partial charge in [0.1, 0.15) is 11.3 Å². The highest BCUT2D eigenvalue weighted by atomic mass is 32.1. The van der Waals surface area contributed by atoms with E-state index in [4.69, 9.17) is 4.74 Å². The summed E-state index contributed by atoms with van der Waals surface area (Å²) in [6, 6.07) is 10.7. The van der Waals surface area contributed by atoms with Gasteiger partial charge >= 0.3 is 6.09 Å². The molecule has 1 saturated carbocycles. The zero-order valence-corrected chi connectivity index (χ0v) is 14.1. The molecule has 0 atom stereocenters. The lowest BCUT2D eigenvalue weighted by molar-refractivity contribution is -0.123. The summed E-state index contributed by atoms with van der Waals surface area (Å²) in [5.74, 6) is 0.282. The highest BCUT2D eigenvalue weighted by Crippen LogP contribution is 2.30. The number of hydrogen-bond donors (Lipinski definition) is 2. The van der Waals surface area contributed by atoms with E-state index in [9.17, 15) is 9.59 Å². The van der Waals surface area contributed by atoms with Crippen molar-refractivity contribution < 1.29 is 14.3 Å². The number of thiophene rings is 1. The molecule has 1 heterocycles. The second-order valence-electron chi connectivity index (χ2n) is 5.94. The normalized spacial score (nSPS) is 16.2. The van der Waals surface area contributed by atoms with Gasteiger partial charge in [0.15, 0.2) is 0 Å². The van der Waals surface area contributed by atoms with E-state index in [-0.39, 0.29) is 5.91 Å². The molecule has 0 radical (unpaired) electrons. The summed E-state index contributed by atoms with van der Waals surface area (Å²) in [6.45, 7) is 0. The van der Waals surface area contributed by atoms with E-state index >= 15 is 0 Å². The van der Waals surface area contributed by atoms with Gasteiger partial charge in [0.05, 0.1) is 5.69 Å². The first-order chi connectivity index (χ1) is 11.7. The molecule has 1 aromatic carbocycles. The summed E-state index contributed by atoms with van der Waals surface area (Å²) < 4.78 is 5.30. The highest BCUT2D eigenvalue weighted by Gasteiger charge is 2.41. The van der Waals surface area contributed by atoms with Crippen LogP contribution in [0.1, 0.15) is 32.1 Å². The van der Waals surface area contributed by atoms with Crippen LogP contribution < -0.4 is 15.4 Å². The second-order valence-corrected chi connectivity index (χ2v) is 6.72. The molecule has 126 valence electrons. The van der Waals surface area contributed by atoms with Gasteiger partial charge in [-0.2, -0.15) is 11.3 Å². The number of para-hydroxylation sites is 1. The Labute approximate surface area is 145 Å². The van der Waals surface area contributed by atoms with Gasteiger partial charge in [-0.1, -0.05) is 37.5 Å². The van der Waals surface area contributed by atoms with Gasteiger partial charge in [0.25, 0.3) is 0 Å². The molecule has 0 spiro atoms. The number of anilines is 1. The van der Waals surface area contributed by atoms with Gasteiger partial charge in [0, 0.05) is 5.38 Å². The largest absolute Gasteiger partial charge is 0.413 e. The molecule has 2 aromatic rings. The maximum Gasteiger partial charge on any atom is 0.413 e. The molecule has 0 bridgehead atoms. The van der Waals surface area contributed by atoms with E-state index in [1.807, 2.05) is 22.9 Å². The molecule has 0 aliphatic heterocycles. The summed E-state index contributed by atoms with van der Waals surface area (Å²) in [5.41, 5.74) is -0.153. The van der Waals surface area contributed by atoms with E-state index in [0.29, 0.717) is 18.6 Å². The topological polar surface area (TPSA) is 67.4 Å². The number of amides is 2. The number of ether oxygens (including phenoxy) is 1. The van der Waals surface area contributed by atoms with E-state index in [1.54, 1.807) is 24.3 Å². The number of carbonyl (C=O) groups is 2. The molecule has 2 N–H and O–H groups in total. The number of carbonyl (C=O) groups excluding carboxylic acids is 2. The Morgan fingerprint density at radius 2 is 1.79 bits per heavy atom. The molecule has 0 saturated heterocycles. The summed E-state index contributed by atoms with van der Waals surface area (Å²) in [6.07, 6.45) is 3.53. The van der Waals surface area contributed by atoms with Crippen LogP contribution in [0, 0.1) is 0 Å². The van der Waals surface area contributed by atoms with E-state index in [2.05, 4.69) is 10.6 Å². The summed E-state index contributed by atoms with van der Waals surface area (Å²) in [5, 5.41) is 9.50. The Bertz CT molecular complexity index is 680. The van der Waals surface area contributed by atoms with Crippen LogP contribution in [-0.4, -0.2) is 17.5 Å². The van der Waals surface area contributed by atoms with Crippen molar-refractivity contribution in [2.45, 2.75) is 37.6 Å². The zero-order chi connectivity index (χ0) is 16.8. The fourth-order valence-electron chi connectivity index (χ4n) is 2.97. The maximum atomic E-state index is 12.8. The van der Waals surface area contributed by atoms with Gasteiger partial charge in [-0.3, -0.25) is 4.79 Å². The molecule has 3 rings (SSSR count). The van der Waals surface area contributed by atoms with Crippen molar-refractivity contribution in [3.8, 4) is 5.75 Å². The molecule has 1 fully saturated rings. The van der Waals surface area contributed by atoms with Gasteiger partial charge in [0.2, 0.25) is 5.91 Å². The van der Waals surface area contributed by atoms with Crippen LogP contribution in [0.3, 0.4) is 0 Å². The minimum atomic E-state index is -0.911. The fourth-order valence-corrected chi connectivity index (χ4v) is 3.55. The summed E-state index contributed by atoms with van der Waals surface area (Å²) in [4.78, 5) is 25.1. The van der Waals surface area contributed by atoms with Crippen molar-refractivity contribution in [3.05, 3.63) is 47.2 Å². The smallest absolute Gasteiger partial charge is 0.410 e. The Kier molecular flexibility index (Phi) is 5.15. The van der Waals surface area contributed by atoms with Gasteiger partial charge in [-0.15, -0.1) is 0 Å². The quantitative estimate of drug-likeness (QED) is 0.874. The first kappa shape index (κ1) is 16.5. The first-order valence-corrected chi connectivity index (χ1v) is 9.01. The molecule has 24 heavy (non-hydrogen) atoms. The van der Waals surface area contributed by atoms with Gasteiger partial charge in [-0.05, 0) is 36.4 Å². The molecular formula is C18H20N2O3S. The molecule has 6 heteroatoms. The van der Waals surface area contributed by atoms with Crippen LogP contribution in [0.15, 0.2) is 47.2 Å². The zero-order valence-electron chi connectivity index (χ0n) is 13.3. The molecular weight excluding hydrogens is 324 g/mol. The van der Waals surface area contributed by atoms with Crippen LogP contribution in [0.2, 0.25) is 0 Å². The predicted octanol–water partition coefficient (Wildman–Crippen LogP) is 4.18. The third-order valence-corrected chi connectivity index (χ3v) is 4.90. The van der Waals surface area contributed by atoms with Crippen molar-refractivity contribution in [1.29, 1.82) is 0 Å². The third-order valence-electron chi connectivity index (χ3n) is 4.22. The van der Waals surface area contributed by atoms with Crippen molar-refractivity contribution in [2.75, 3.05) is 5.32 Å². The number of benzene rings is 1. The molecule has 2 amide bonds. The van der Waals surface area contributed by atoms with Crippen LogP contribution in [0.25, 0.3) is 0 Å². The number of rotatable bonds is 4. The monoisotopic (exact) mass is 344 g/mol. The summed E-state index contributed by atoms with van der Waals surface area (Å²) >= 11 is 1.52. The molecule has 1 aliphatic carbocycles. The third kappa shape index (κ3) is 3.94. The Hall–Kier alpha value is -2.34. The van der Waals surface area contributed by atoms with E-state index in [0.717, 1.165) is 24.9 Å². The number of hydrogen-bond acceptors (Lipinski definition) is 4. The molecule has 0 unspecified atom stereocenters. The van der Waals surface area contributed by atoms with Crippen molar-refractivity contribution in [2.24, 2.45) is 0 Å². The predicted molar refractivity (Wildman–Crippen MR) is 94.4 cm³/mol. The Morgan fingerprint density at radius 1 is 1.04 bits per heavy atom. The summed E-state index contributed by atoms with van der Waals surface area (Å²) in [7, 11) is 0. The van der Waals surface area contributed by atoms with E-state index in [1.165, 1.54) is 11.3 Å². The minimum Gasteiger partial charge on any atom is -0.410 e. The average Bonchev–Trinajstić information content (AvgIpc) is 3.09. The highest BCUT2D eigenvalue weighted by molar-refractivity contribution is 7.08. The molecule has 1 aromatic heterocycles. The second kappa shape index (κ2) is 7.49. The standard InChI is InChI=1S/C18H20N2O3S/c21-16(19-14-9-12-24-13-14)18(10-5-2-6-11-18)20-17(22)23-15-7-3-1-4-8-15/h1,3-4,7-9,12-13H,2,5-6,10-11H2,(H,19,21)(H,20,22). The minimum absolute atomic E-state index is 0.175. The number of nitrogens with one attached hydrogen (secondary N) is 2.